The highest BCUT2D eigenvalue weighted by atomic mass is 19.3. The summed E-state index contributed by atoms with van der Waals surface area (Å²) in [5.41, 5.74) is 0. The number of hydrogen-bond donors (Lipinski definition) is 0. The summed E-state index contributed by atoms with van der Waals surface area (Å²) in [6.07, 6.45) is 5.32. The summed E-state index contributed by atoms with van der Waals surface area (Å²) in [6, 6.07) is 0. The highest BCUT2D eigenvalue weighted by Crippen LogP contribution is 2.19. The summed E-state index contributed by atoms with van der Waals surface area (Å²) in [5.74, 6) is -2.59. The maximum Gasteiger partial charge on any atom is 0.266 e. The van der Waals surface area contributed by atoms with E-state index in [-0.39, 0.29) is 6.42 Å². The minimum absolute atomic E-state index is 0.102. The zero-order valence-corrected chi connectivity index (χ0v) is 7.24. The summed E-state index contributed by atoms with van der Waals surface area (Å²) < 4.78 is 25.0. The Morgan fingerprint density at radius 2 is 1.91 bits per heavy atom. The third kappa shape index (κ3) is 6.02. The van der Waals surface area contributed by atoms with Gasteiger partial charge in [-0.3, -0.25) is 0 Å². The third-order valence-corrected chi connectivity index (χ3v) is 1.56. The highest BCUT2D eigenvalue weighted by molar-refractivity contribution is 4.93. The lowest BCUT2D eigenvalue weighted by Crippen LogP contribution is -2.08. The highest BCUT2D eigenvalue weighted by Gasteiger charge is 2.20. The molecule has 11 heavy (non-hydrogen) atoms. The smallest absolute Gasteiger partial charge is 0.202 e. The second-order valence-corrected chi connectivity index (χ2v) is 2.66. The number of rotatable bonds is 5. The fourth-order valence-electron chi connectivity index (χ4n) is 0.696. The number of halogens is 2. The summed E-state index contributed by atoms with van der Waals surface area (Å²) in [7, 11) is 0. The maximum atomic E-state index is 12.5. The zero-order valence-electron chi connectivity index (χ0n) is 7.24. The van der Waals surface area contributed by atoms with Crippen molar-refractivity contribution < 1.29 is 8.78 Å². The van der Waals surface area contributed by atoms with E-state index >= 15 is 0 Å². The number of alkyl halides is 2. The minimum Gasteiger partial charge on any atom is -0.202 e. The average molecular weight is 162 g/mol. The van der Waals surface area contributed by atoms with Gasteiger partial charge in [-0.05, 0) is 12.5 Å². The molecular weight excluding hydrogens is 146 g/mol. The molecule has 0 amide bonds. The molecule has 0 aliphatic carbocycles. The molecule has 0 fully saturated rings. The van der Waals surface area contributed by atoms with Gasteiger partial charge in [-0.2, -0.15) is 0 Å². The average Bonchev–Trinajstić information content (AvgIpc) is 1.99. The molecule has 0 aromatic heterocycles. The number of unbranched alkanes of at least 4 members (excludes halogenated alkanes) is 2. The predicted molar refractivity (Wildman–Crippen MR) is 43.9 cm³/mol. The SMILES string of the molecule is CCCC/C=C\C(F)(F)CC. The van der Waals surface area contributed by atoms with Crippen molar-refractivity contribution in [2.24, 2.45) is 0 Å². The van der Waals surface area contributed by atoms with E-state index < -0.39 is 5.92 Å². The van der Waals surface area contributed by atoms with Gasteiger partial charge in [-0.1, -0.05) is 32.8 Å². The lowest BCUT2D eigenvalue weighted by atomic mass is 10.2. The molecule has 0 bridgehead atoms. The molecule has 0 atom stereocenters. The van der Waals surface area contributed by atoms with Gasteiger partial charge < -0.3 is 0 Å². The molecular formula is C9H16F2. The van der Waals surface area contributed by atoms with Gasteiger partial charge in [0.05, 0.1) is 0 Å². The molecule has 0 nitrogen and oxygen atoms in total. The summed E-state index contributed by atoms with van der Waals surface area (Å²) in [5, 5.41) is 0. The zero-order chi connectivity index (χ0) is 8.74. The Morgan fingerprint density at radius 3 is 2.36 bits per heavy atom. The van der Waals surface area contributed by atoms with Gasteiger partial charge in [0.1, 0.15) is 0 Å². The minimum atomic E-state index is -2.59. The van der Waals surface area contributed by atoms with Crippen LogP contribution in [0.2, 0.25) is 0 Å². The molecule has 0 saturated heterocycles. The second-order valence-electron chi connectivity index (χ2n) is 2.66. The van der Waals surface area contributed by atoms with Gasteiger partial charge in [-0.25, -0.2) is 8.78 Å². The van der Waals surface area contributed by atoms with Gasteiger partial charge in [0, 0.05) is 6.42 Å². The Bertz CT molecular complexity index is 117. The normalized spacial score (nSPS) is 12.7. The standard InChI is InChI=1S/C9H16F2/c1-3-5-6-7-8-9(10,11)4-2/h7-8H,3-6H2,1-2H3/b8-7-. The van der Waals surface area contributed by atoms with Crippen LogP contribution < -0.4 is 0 Å². The summed E-state index contributed by atoms with van der Waals surface area (Å²) in [6.45, 7) is 3.54. The van der Waals surface area contributed by atoms with Crippen molar-refractivity contribution in [2.75, 3.05) is 0 Å². The first kappa shape index (κ1) is 10.6. The molecule has 0 aliphatic rings. The number of allylic oxidation sites excluding steroid dienone is 2. The Morgan fingerprint density at radius 1 is 1.27 bits per heavy atom. The van der Waals surface area contributed by atoms with Crippen molar-refractivity contribution in [1.82, 2.24) is 0 Å². The molecule has 66 valence electrons. The van der Waals surface area contributed by atoms with E-state index in [1.165, 1.54) is 6.92 Å². The van der Waals surface area contributed by atoms with Gasteiger partial charge in [0.15, 0.2) is 0 Å². The summed E-state index contributed by atoms with van der Waals surface area (Å²) in [4.78, 5) is 0. The molecule has 0 N–H and O–H groups in total. The van der Waals surface area contributed by atoms with Gasteiger partial charge >= 0.3 is 0 Å². The fraction of sp³-hybridized carbons (Fsp3) is 0.778. The van der Waals surface area contributed by atoms with Crippen molar-refractivity contribution in [2.45, 2.75) is 45.5 Å². The van der Waals surface area contributed by atoms with Gasteiger partial charge in [0.25, 0.3) is 5.92 Å². The molecule has 0 radical (unpaired) electrons. The Labute approximate surface area is 67.3 Å². The Balaban J connectivity index is 3.55. The van der Waals surface area contributed by atoms with Crippen LogP contribution in [0, 0.1) is 0 Å². The molecule has 0 aromatic rings. The van der Waals surface area contributed by atoms with Gasteiger partial charge in [0.2, 0.25) is 0 Å². The van der Waals surface area contributed by atoms with E-state index in [2.05, 4.69) is 0 Å². The van der Waals surface area contributed by atoms with E-state index in [1.807, 2.05) is 6.92 Å². The lowest BCUT2D eigenvalue weighted by molar-refractivity contribution is 0.0508. The van der Waals surface area contributed by atoms with E-state index in [0.29, 0.717) is 0 Å². The molecule has 0 saturated carbocycles. The molecule has 0 rings (SSSR count). The van der Waals surface area contributed by atoms with E-state index in [1.54, 1.807) is 6.08 Å². The van der Waals surface area contributed by atoms with Crippen LogP contribution in [-0.4, -0.2) is 5.92 Å². The lowest BCUT2D eigenvalue weighted by Gasteiger charge is -2.06. The quantitative estimate of drug-likeness (QED) is 0.426. The van der Waals surface area contributed by atoms with Crippen molar-refractivity contribution in [3.05, 3.63) is 12.2 Å². The van der Waals surface area contributed by atoms with Crippen LogP contribution >= 0.6 is 0 Å². The Kier molecular flexibility index (Phi) is 5.08. The Hall–Kier alpha value is -0.400. The first-order chi connectivity index (χ1) is 5.12. The summed E-state index contributed by atoms with van der Waals surface area (Å²) >= 11 is 0. The molecule has 0 aromatic carbocycles. The molecule has 0 aliphatic heterocycles. The second kappa shape index (κ2) is 5.28. The van der Waals surface area contributed by atoms with Gasteiger partial charge in [-0.15, -0.1) is 0 Å². The van der Waals surface area contributed by atoms with Crippen LogP contribution in [0.4, 0.5) is 8.78 Å². The van der Waals surface area contributed by atoms with E-state index in [4.69, 9.17) is 0 Å². The number of hydrogen-bond acceptors (Lipinski definition) is 0. The first-order valence-corrected chi connectivity index (χ1v) is 4.18. The van der Waals surface area contributed by atoms with E-state index in [0.717, 1.165) is 25.3 Å². The van der Waals surface area contributed by atoms with Crippen LogP contribution in [0.3, 0.4) is 0 Å². The van der Waals surface area contributed by atoms with E-state index in [9.17, 15) is 8.78 Å². The monoisotopic (exact) mass is 162 g/mol. The molecule has 0 unspecified atom stereocenters. The van der Waals surface area contributed by atoms with Crippen LogP contribution in [-0.2, 0) is 0 Å². The fourth-order valence-corrected chi connectivity index (χ4v) is 0.696. The van der Waals surface area contributed by atoms with Crippen LogP contribution in [0.5, 0.6) is 0 Å². The molecule has 2 heteroatoms. The topological polar surface area (TPSA) is 0 Å². The van der Waals surface area contributed by atoms with Crippen molar-refractivity contribution in [3.63, 3.8) is 0 Å². The molecule has 0 heterocycles. The first-order valence-electron chi connectivity index (χ1n) is 4.18. The van der Waals surface area contributed by atoms with Crippen molar-refractivity contribution in [3.8, 4) is 0 Å². The van der Waals surface area contributed by atoms with Crippen molar-refractivity contribution in [1.29, 1.82) is 0 Å². The van der Waals surface area contributed by atoms with Crippen molar-refractivity contribution >= 4 is 0 Å². The van der Waals surface area contributed by atoms with Crippen LogP contribution in [0.15, 0.2) is 12.2 Å². The third-order valence-electron chi connectivity index (χ3n) is 1.56. The predicted octanol–water partition coefficient (Wildman–Crippen LogP) is 3.78. The largest absolute Gasteiger partial charge is 0.266 e. The van der Waals surface area contributed by atoms with Crippen LogP contribution in [0.1, 0.15) is 39.5 Å². The maximum absolute atomic E-state index is 12.5. The molecule has 0 spiro atoms. The van der Waals surface area contributed by atoms with Crippen LogP contribution in [0.25, 0.3) is 0 Å².